The fourth-order valence-corrected chi connectivity index (χ4v) is 5.23. The molecule has 2 aromatic carbocycles. The van der Waals surface area contributed by atoms with Crippen LogP contribution in [0.5, 0.6) is 0 Å². The Bertz CT molecular complexity index is 1190. The summed E-state index contributed by atoms with van der Waals surface area (Å²) < 4.78 is 30.4. The maximum Gasteiger partial charge on any atom is 0.261 e. The highest BCUT2D eigenvalue weighted by Gasteiger charge is 2.25. The largest absolute Gasteiger partial charge is 0.312 e. The summed E-state index contributed by atoms with van der Waals surface area (Å²) in [4.78, 5) is 14.2. The first-order valence-electron chi connectivity index (χ1n) is 8.90. The van der Waals surface area contributed by atoms with Crippen molar-refractivity contribution in [3.05, 3.63) is 54.4 Å². The van der Waals surface area contributed by atoms with Crippen molar-refractivity contribution in [2.45, 2.75) is 28.3 Å². The number of nitrogens with zero attached hydrogens (tertiary/aromatic N) is 4. The Hall–Kier alpha value is -2.85. The first-order chi connectivity index (χ1) is 13.8. The number of para-hydroxylation sites is 1. The first-order valence-corrected chi connectivity index (χ1v) is 11.2. The molecule has 0 saturated heterocycles. The highest BCUT2D eigenvalue weighted by Crippen LogP contribution is 2.34. The van der Waals surface area contributed by atoms with Crippen LogP contribution in [-0.4, -0.2) is 35.6 Å². The van der Waals surface area contributed by atoms with Crippen LogP contribution in [0.4, 0.5) is 11.4 Å². The van der Waals surface area contributed by atoms with E-state index < -0.39 is 10.0 Å². The molecule has 4 rings (SSSR count). The molecular weight excluding hydrogens is 410 g/mol. The number of sulfonamides is 1. The number of hydrogen-bond acceptors (Lipinski definition) is 6. The number of hydrogen-bond donors (Lipinski definition) is 1. The maximum absolute atomic E-state index is 13.0. The molecule has 0 atom stereocenters. The molecule has 0 fully saturated rings. The lowest BCUT2D eigenvalue weighted by Crippen LogP contribution is -2.25. The van der Waals surface area contributed by atoms with Crippen molar-refractivity contribution in [2.24, 2.45) is 7.05 Å². The topological polar surface area (TPSA) is 97.2 Å². The van der Waals surface area contributed by atoms with Gasteiger partial charge in [0, 0.05) is 31.1 Å². The third-order valence-electron chi connectivity index (χ3n) is 4.64. The van der Waals surface area contributed by atoms with Crippen LogP contribution in [0.25, 0.3) is 0 Å². The number of carbonyl (C=O) groups excluding carboxylic acids is 1. The molecule has 29 heavy (non-hydrogen) atoms. The quantitative estimate of drug-likeness (QED) is 0.670. The van der Waals surface area contributed by atoms with Gasteiger partial charge in [-0.2, -0.15) is 0 Å². The van der Waals surface area contributed by atoms with Crippen molar-refractivity contribution in [2.75, 3.05) is 16.2 Å². The summed E-state index contributed by atoms with van der Waals surface area (Å²) in [7, 11) is -1.97. The molecule has 1 aromatic heterocycles. The molecule has 0 spiro atoms. The fraction of sp³-hybridized carbons (Fsp3) is 0.211. The highest BCUT2D eigenvalue weighted by atomic mass is 32.2. The van der Waals surface area contributed by atoms with Gasteiger partial charge in [0.2, 0.25) is 5.91 Å². The number of fused-ring (bicyclic) bond motifs is 1. The van der Waals surface area contributed by atoms with E-state index in [0.717, 1.165) is 16.1 Å². The van der Waals surface area contributed by atoms with Crippen LogP contribution in [0.15, 0.2) is 63.7 Å². The Balaban J connectivity index is 1.62. The van der Waals surface area contributed by atoms with Crippen LogP contribution >= 0.6 is 11.8 Å². The molecule has 0 saturated carbocycles. The molecule has 8 nitrogen and oxygen atoms in total. The zero-order chi connectivity index (χ0) is 20.6. The molecule has 3 aromatic rings. The molecule has 1 aliphatic rings. The highest BCUT2D eigenvalue weighted by molar-refractivity contribution is 7.99. The molecule has 0 radical (unpaired) electrons. The van der Waals surface area contributed by atoms with Gasteiger partial charge in [-0.3, -0.25) is 9.52 Å². The molecule has 2 heterocycles. The molecule has 0 aliphatic carbocycles. The number of carbonyl (C=O) groups is 1. The summed E-state index contributed by atoms with van der Waals surface area (Å²) in [6.07, 6.45) is 2.22. The summed E-state index contributed by atoms with van der Waals surface area (Å²) in [6.45, 7) is 2.08. The molecule has 150 valence electrons. The fourth-order valence-electron chi connectivity index (χ4n) is 3.18. The summed E-state index contributed by atoms with van der Waals surface area (Å²) in [5.41, 5.74) is 2.09. The summed E-state index contributed by atoms with van der Waals surface area (Å²) in [6, 6.07) is 12.0. The minimum Gasteiger partial charge on any atom is -0.312 e. The van der Waals surface area contributed by atoms with Gasteiger partial charge in [-0.25, -0.2) is 8.42 Å². The predicted molar refractivity (Wildman–Crippen MR) is 111 cm³/mol. The number of aromatic nitrogens is 3. The van der Waals surface area contributed by atoms with Crippen molar-refractivity contribution in [1.29, 1.82) is 0 Å². The first kappa shape index (κ1) is 19.5. The third-order valence-corrected chi connectivity index (χ3v) is 7.13. The average molecular weight is 430 g/mol. The lowest BCUT2D eigenvalue weighted by molar-refractivity contribution is -0.116. The van der Waals surface area contributed by atoms with Crippen LogP contribution in [0.2, 0.25) is 0 Å². The van der Waals surface area contributed by atoms with E-state index in [1.165, 1.54) is 24.8 Å². The number of aryl methyl sites for hydroxylation is 1. The molecule has 1 amide bonds. The van der Waals surface area contributed by atoms with E-state index in [9.17, 15) is 13.2 Å². The summed E-state index contributed by atoms with van der Waals surface area (Å²) in [5, 5.41) is 8.53. The van der Waals surface area contributed by atoms with Gasteiger partial charge in [0.1, 0.15) is 6.33 Å². The maximum atomic E-state index is 13.0. The lowest BCUT2D eigenvalue weighted by Gasteiger charge is -2.15. The van der Waals surface area contributed by atoms with Gasteiger partial charge >= 0.3 is 0 Å². The van der Waals surface area contributed by atoms with Gasteiger partial charge in [0.05, 0.1) is 10.6 Å². The van der Waals surface area contributed by atoms with Crippen LogP contribution in [-0.2, 0) is 28.3 Å². The number of rotatable bonds is 5. The van der Waals surface area contributed by atoms with E-state index in [-0.39, 0.29) is 10.8 Å². The molecule has 0 unspecified atom stereocenters. The number of benzene rings is 2. The molecule has 1 N–H and O–H groups in total. The summed E-state index contributed by atoms with van der Waals surface area (Å²) in [5.74, 6) is -0.0489. The number of nitrogens with one attached hydrogen (secondary N) is 1. The van der Waals surface area contributed by atoms with E-state index in [1.807, 2.05) is 19.2 Å². The molecule has 1 aliphatic heterocycles. The second-order valence-electron chi connectivity index (χ2n) is 6.64. The second-order valence-corrected chi connectivity index (χ2v) is 9.33. The van der Waals surface area contributed by atoms with E-state index in [4.69, 9.17) is 0 Å². The standard InChI is InChI=1S/C19H19N5O3S2/c1-13(25)24-10-9-14-11-15(7-8-17(14)24)29(26,27)22-16-5-3-4-6-18(16)28-19-21-20-12-23(19)2/h3-8,11-12,22H,9-10H2,1-2H3. The van der Waals surface area contributed by atoms with Crippen LogP contribution in [0.1, 0.15) is 12.5 Å². The number of anilines is 2. The molecule has 0 bridgehead atoms. The van der Waals surface area contributed by atoms with Gasteiger partial charge in [-0.05, 0) is 54.1 Å². The monoisotopic (exact) mass is 429 g/mol. The average Bonchev–Trinajstić information content (AvgIpc) is 3.29. The lowest BCUT2D eigenvalue weighted by atomic mass is 10.2. The van der Waals surface area contributed by atoms with E-state index in [0.29, 0.717) is 23.8 Å². The van der Waals surface area contributed by atoms with Crippen LogP contribution < -0.4 is 9.62 Å². The van der Waals surface area contributed by atoms with Crippen molar-refractivity contribution in [3.8, 4) is 0 Å². The smallest absolute Gasteiger partial charge is 0.261 e. The van der Waals surface area contributed by atoms with Crippen molar-refractivity contribution < 1.29 is 13.2 Å². The van der Waals surface area contributed by atoms with Crippen molar-refractivity contribution in [1.82, 2.24) is 14.8 Å². The Labute approximate surface area is 173 Å². The molecular formula is C19H19N5O3S2. The zero-order valence-electron chi connectivity index (χ0n) is 15.9. The molecule has 10 heteroatoms. The number of amides is 1. The Morgan fingerprint density at radius 2 is 2.00 bits per heavy atom. The Kier molecular flexibility index (Phi) is 5.05. The van der Waals surface area contributed by atoms with Gasteiger partial charge in [0.15, 0.2) is 5.16 Å². The zero-order valence-corrected chi connectivity index (χ0v) is 17.5. The minimum atomic E-state index is -3.79. The van der Waals surface area contributed by atoms with Crippen molar-refractivity contribution in [3.63, 3.8) is 0 Å². The second kappa shape index (κ2) is 7.53. The van der Waals surface area contributed by atoms with Gasteiger partial charge in [-0.15, -0.1) is 10.2 Å². The Morgan fingerprint density at radius 3 is 2.72 bits per heavy atom. The van der Waals surface area contributed by atoms with Crippen LogP contribution in [0.3, 0.4) is 0 Å². The van der Waals surface area contributed by atoms with Crippen LogP contribution in [0, 0.1) is 0 Å². The van der Waals surface area contributed by atoms with Crippen molar-refractivity contribution >= 4 is 39.1 Å². The van der Waals surface area contributed by atoms with Gasteiger partial charge in [0.25, 0.3) is 10.0 Å². The van der Waals surface area contributed by atoms with E-state index in [2.05, 4.69) is 14.9 Å². The van der Waals surface area contributed by atoms with Gasteiger partial charge < -0.3 is 9.47 Å². The van der Waals surface area contributed by atoms with E-state index in [1.54, 1.807) is 40.1 Å². The Morgan fingerprint density at radius 1 is 1.21 bits per heavy atom. The SMILES string of the molecule is CC(=O)N1CCc2cc(S(=O)(=O)Nc3ccccc3Sc3nncn3C)ccc21. The minimum absolute atomic E-state index is 0.0489. The van der Waals surface area contributed by atoms with E-state index >= 15 is 0 Å². The third kappa shape index (κ3) is 3.85. The summed E-state index contributed by atoms with van der Waals surface area (Å²) >= 11 is 1.33. The predicted octanol–water partition coefficient (Wildman–Crippen LogP) is 2.68. The normalized spacial score (nSPS) is 13.4. The van der Waals surface area contributed by atoms with Gasteiger partial charge in [-0.1, -0.05) is 12.1 Å².